The zero-order chi connectivity index (χ0) is 18.1. The van der Waals surface area contributed by atoms with Gasteiger partial charge in [-0.25, -0.2) is 4.79 Å². The summed E-state index contributed by atoms with van der Waals surface area (Å²) in [4.78, 5) is 18.7. The van der Waals surface area contributed by atoms with Gasteiger partial charge in [-0.15, -0.1) is 0 Å². The highest BCUT2D eigenvalue weighted by atomic mass is 31.0. The van der Waals surface area contributed by atoms with Gasteiger partial charge in [-0.3, -0.25) is 9.57 Å². The molecular formula is C16H21N6O3P. The average molecular weight is 376 g/mol. The van der Waals surface area contributed by atoms with Gasteiger partial charge in [0.1, 0.15) is 6.10 Å². The Labute approximate surface area is 153 Å². The maximum absolute atomic E-state index is 12.1. The lowest BCUT2D eigenvalue weighted by atomic mass is 10.1. The lowest BCUT2D eigenvalue weighted by Gasteiger charge is -2.38. The molecule has 3 heterocycles. The van der Waals surface area contributed by atoms with Crippen molar-refractivity contribution >= 4 is 26.9 Å². The van der Waals surface area contributed by atoms with Gasteiger partial charge in [-0.2, -0.15) is 0 Å². The van der Waals surface area contributed by atoms with E-state index >= 15 is 0 Å². The van der Waals surface area contributed by atoms with Crippen LogP contribution in [-0.4, -0.2) is 68.3 Å². The van der Waals surface area contributed by atoms with Crippen molar-refractivity contribution in [2.75, 3.05) is 49.1 Å². The van der Waals surface area contributed by atoms with Gasteiger partial charge in [-0.1, -0.05) is 14.5 Å². The summed E-state index contributed by atoms with van der Waals surface area (Å²) in [6.07, 6.45) is -0.572. The third-order valence-electron chi connectivity index (χ3n) is 5.05. The molecule has 26 heavy (non-hydrogen) atoms. The van der Waals surface area contributed by atoms with Crippen molar-refractivity contribution < 1.29 is 14.3 Å². The first kappa shape index (κ1) is 17.4. The summed E-state index contributed by atoms with van der Waals surface area (Å²) in [5.41, 5.74) is 10.3. The highest BCUT2D eigenvalue weighted by molar-refractivity contribution is 7.13. The molecule has 1 amide bonds. The number of rotatable bonds is 4. The molecule has 0 aromatic heterocycles. The van der Waals surface area contributed by atoms with E-state index in [1.54, 1.807) is 4.90 Å². The molecule has 138 valence electrons. The third-order valence-corrected chi connectivity index (χ3v) is 5.47. The summed E-state index contributed by atoms with van der Waals surface area (Å²) in [7, 11) is 2.76. The first-order valence-electron chi connectivity index (χ1n) is 8.62. The predicted octanol–water partition coefficient (Wildman–Crippen LogP) is 2.00. The smallest absolute Gasteiger partial charge is 0.414 e. The van der Waals surface area contributed by atoms with Crippen LogP contribution in [-0.2, 0) is 9.47 Å². The molecule has 1 aromatic carbocycles. The number of carbonyl (C=O) groups excluding carboxylic acids is 1. The van der Waals surface area contributed by atoms with E-state index in [9.17, 15) is 4.79 Å². The maximum atomic E-state index is 12.1. The van der Waals surface area contributed by atoms with Crippen molar-refractivity contribution in [3.05, 3.63) is 34.7 Å². The molecule has 0 radical (unpaired) electrons. The Kier molecular flexibility index (Phi) is 4.87. The lowest BCUT2D eigenvalue weighted by molar-refractivity contribution is 0.0334. The standard InChI is InChI=1S/C16H21N6O3P/c17-19-18-7-13-8-22(16(23)25-13)12-3-1-11(2-4-12)21-5-6-24-15-10-20(26)9-14(15)21/h1-4,13-15H,5-10,26H2. The number of hydrogen-bond acceptors (Lipinski definition) is 6. The summed E-state index contributed by atoms with van der Waals surface area (Å²) in [5, 5.41) is 3.48. The molecule has 3 saturated heterocycles. The van der Waals surface area contributed by atoms with E-state index in [1.807, 2.05) is 24.3 Å². The fraction of sp³-hybridized carbons (Fsp3) is 0.562. The quantitative estimate of drug-likeness (QED) is 0.347. The number of morpholine rings is 1. The van der Waals surface area contributed by atoms with E-state index in [4.69, 9.17) is 15.0 Å². The van der Waals surface area contributed by atoms with Crippen molar-refractivity contribution in [1.82, 2.24) is 4.67 Å². The Morgan fingerprint density at radius 3 is 2.77 bits per heavy atom. The zero-order valence-electron chi connectivity index (χ0n) is 14.3. The number of hydrogen-bond donors (Lipinski definition) is 0. The Morgan fingerprint density at radius 1 is 1.23 bits per heavy atom. The lowest BCUT2D eigenvalue weighted by Crippen LogP contribution is -2.50. The van der Waals surface area contributed by atoms with Crippen LogP contribution in [0.5, 0.6) is 0 Å². The van der Waals surface area contributed by atoms with Gasteiger partial charge >= 0.3 is 6.09 Å². The van der Waals surface area contributed by atoms with Crippen LogP contribution in [0.1, 0.15) is 0 Å². The highest BCUT2D eigenvalue weighted by Crippen LogP contribution is 2.31. The molecule has 3 fully saturated rings. The number of fused-ring (bicyclic) bond motifs is 1. The Bertz CT molecular complexity index is 725. The second-order valence-electron chi connectivity index (χ2n) is 6.67. The summed E-state index contributed by atoms with van der Waals surface area (Å²) < 4.78 is 13.3. The van der Waals surface area contributed by atoms with Crippen LogP contribution >= 0.6 is 9.39 Å². The van der Waals surface area contributed by atoms with Gasteiger partial charge in [0.25, 0.3) is 0 Å². The van der Waals surface area contributed by atoms with Gasteiger partial charge < -0.3 is 14.4 Å². The number of ether oxygens (including phenoxy) is 2. The highest BCUT2D eigenvalue weighted by Gasteiger charge is 2.39. The second kappa shape index (κ2) is 7.29. The van der Waals surface area contributed by atoms with Crippen molar-refractivity contribution in [3.63, 3.8) is 0 Å². The number of anilines is 2. The van der Waals surface area contributed by atoms with Crippen molar-refractivity contribution in [3.8, 4) is 0 Å². The normalized spacial score (nSPS) is 28.7. The summed E-state index contributed by atoms with van der Waals surface area (Å²) in [5.74, 6) is 0. The Morgan fingerprint density at radius 2 is 2.00 bits per heavy atom. The number of azide groups is 1. The van der Waals surface area contributed by atoms with E-state index < -0.39 is 12.2 Å². The van der Waals surface area contributed by atoms with Crippen LogP contribution in [0, 0.1) is 0 Å². The topological polar surface area (TPSA) is 94.0 Å². The number of benzene rings is 1. The molecule has 1 aromatic rings. The summed E-state index contributed by atoms with van der Waals surface area (Å²) in [6, 6.07) is 8.29. The van der Waals surface area contributed by atoms with Gasteiger partial charge in [0.05, 0.1) is 31.8 Å². The molecular weight excluding hydrogens is 355 g/mol. The second-order valence-corrected chi connectivity index (χ2v) is 7.40. The van der Waals surface area contributed by atoms with Crippen molar-refractivity contribution in [1.29, 1.82) is 0 Å². The molecule has 0 spiro atoms. The minimum absolute atomic E-state index is 0.152. The van der Waals surface area contributed by atoms with Crippen LogP contribution in [0.2, 0.25) is 0 Å². The molecule has 0 N–H and O–H groups in total. The molecule has 3 aliphatic heterocycles. The van der Waals surface area contributed by atoms with E-state index in [0.29, 0.717) is 12.6 Å². The van der Waals surface area contributed by atoms with E-state index in [1.165, 1.54) is 0 Å². The van der Waals surface area contributed by atoms with Crippen LogP contribution in [0.3, 0.4) is 0 Å². The van der Waals surface area contributed by atoms with E-state index in [0.717, 1.165) is 37.6 Å². The Hall–Kier alpha value is -2.05. The van der Waals surface area contributed by atoms with E-state index in [2.05, 4.69) is 29.0 Å². The van der Waals surface area contributed by atoms with Gasteiger partial charge in [0, 0.05) is 35.9 Å². The molecule has 3 aliphatic rings. The van der Waals surface area contributed by atoms with Gasteiger partial charge in [0.15, 0.2) is 0 Å². The van der Waals surface area contributed by atoms with Crippen molar-refractivity contribution in [2.45, 2.75) is 18.2 Å². The summed E-state index contributed by atoms with van der Waals surface area (Å²) >= 11 is 0. The largest absolute Gasteiger partial charge is 0.444 e. The fourth-order valence-corrected chi connectivity index (χ4v) is 4.24. The third kappa shape index (κ3) is 3.31. The molecule has 4 rings (SSSR count). The molecule has 10 heteroatoms. The molecule has 0 aliphatic carbocycles. The van der Waals surface area contributed by atoms with Crippen LogP contribution in [0.15, 0.2) is 29.4 Å². The maximum Gasteiger partial charge on any atom is 0.414 e. The number of nitrogens with zero attached hydrogens (tertiary/aromatic N) is 6. The first-order valence-corrected chi connectivity index (χ1v) is 9.14. The van der Waals surface area contributed by atoms with Gasteiger partial charge in [-0.05, 0) is 29.8 Å². The molecule has 9 nitrogen and oxygen atoms in total. The number of amides is 1. The average Bonchev–Trinajstić information content (AvgIpc) is 3.21. The number of cyclic esters (lactones) is 1. The van der Waals surface area contributed by atoms with Crippen molar-refractivity contribution in [2.24, 2.45) is 5.11 Å². The predicted molar refractivity (Wildman–Crippen MR) is 100 cm³/mol. The monoisotopic (exact) mass is 376 g/mol. The zero-order valence-corrected chi connectivity index (χ0v) is 15.4. The minimum Gasteiger partial charge on any atom is -0.444 e. The Balaban J connectivity index is 1.47. The molecule has 4 atom stereocenters. The van der Waals surface area contributed by atoms with Crippen LogP contribution in [0.4, 0.5) is 16.2 Å². The van der Waals surface area contributed by atoms with Crippen LogP contribution in [0.25, 0.3) is 10.4 Å². The molecule has 4 unspecified atom stereocenters. The first-order chi connectivity index (χ1) is 12.7. The molecule has 0 bridgehead atoms. The molecule has 0 saturated carbocycles. The summed E-state index contributed by atoms with van der Waals surface area (Å²) in [6.45, 7) is 4.01. The van der Waals surface area contributed by atoms with Gasteiger partial charge in [0.2, 0.25) is 0 Å². The number of carbonyl (C=O) groups is 1. The SMILES string of the molecule is [N-]=[N+]=NCC1CN(c2ccc(N3CCOC4CN(P)CC43)cc2)C(=O)O1. The minimum atomic E-state index is -0.406. The fourth-order valence-electron chi connectivity index (χ4n) is 3.82. The van der Waals surface area contributed by atoms with Crippen LogP contribution < -0.4 is 9.80 Å². The van der Waals surface area contributed by atoms with E-state index in [-0.39, 0.29) is 12.6 Å².